The Balaban J connectivity index is 2.90. The monoisotopic (exact) mass is 259 g/mol. The standard InChI is InChI=1S/C10H14F5NO/c1-6(2)7-4-3-5-16(7)8(17)9(11,12)10(13,14)15/h6-7H,3-5H2,1-2H3. The van der Waals surface area contributed by atoms with Crippen molar-refractivity contribution in [2.24, 2.45) is 5.92 Å². The number of nitrogens with zero attached hydrogens (tertiary/aromatic N) is 1. The molecule has 0 radical (unpaired) electrons. The SMILES string of the molecule is CC(C)C1CCCN1C(=O)C(F)(F)C(F)(F)F. The number of likely N-dealkylation sites (tertiary alicyclic amines) is 1. The van der Waals surface area contributed by atoms with Crippen molar-refractivity contribution in [3.8, 4) is 0 Å². The zero-order chi connectivity index (χ0) is 13.4. The third-order valence-corrected chi connectivity index (χ3v) is 2.95. The first-order chi connectivity index (χ1) is 7.59. The lowest BCUT2D eigenvalue weighted by molar-refractivity contribution is -0.275. The minimum absolute atomic E-state index is 0.0344. The van der Waals surface area contributed by atoms with E-state index in [9.17, 15) is 26.7 Å². The third kappa shape index (κ3) is 2.52. The fourth-order valence-electron chi connectivity index (χ4n) is 2.04. The fraction of sp³-hybridized carbons (Fsp3) is 0.900. The van der Waals surface area contributed by atoms with E-state index in [-0.39, 0.29) is 12.5 Å². The van der Waals surface area contributed by atoms with Crippen LogP contribution >= 0.6 is 0 Å². The number of hydrogen-bond acceptors (Lipinski definition) is 1. The lowest BCUT2D eigenvalue weighted by Crippen LogP contribution is -2.54. The van der Waals surface area contributed by atoms with Crippen molar-refractivity contribution < 1.29 is 26.7 Å². The largest absolute Gasteiger partial charge is 0.463 e. The molecule has 1 fully saturated rings. The maximum absolute atomic E-state index is 12.9. The highest BCUT2D eigenvalue weighted by Crippen LogP contribution is 2.39. The van der Waals surface area contributed by atoms with E-state index >= 15 is 0 Å². The molecular weight excluding hydrogens is 245 g/mol. The summed E-state index contributed by atoms with van der Waals surface area (Å²) in [7, 11) is 0. The smallest absolute Gasteiger partial charge is 0.334 e. The van der Waals surface area contributed by atoms with Crippen molar-refractivity contribution in [2.45, 2.75) is 44.8 Å². The second-order valence-corrected chi connectivity index (χ2v) is 4.52. The molecule has 1 rings (SSSR count). The Bertz CT molecular complexity index is 300. The van der Waals surface area contributed by atoms with Crippen LogP contribution in [-0.4, -0.2) is 35.5 Å². The summed E-state index contributed by atoms with van der Waals surface area (Å²) in [6.45, 7) is 3.36. The molecule has 0 bridgehead atoms. The van der Waals surface area contributed by atoms with Crippen LogP contribution in [0.15, 0.2) is 0 Å². The normalized spacial score (nSPS) is 22.4. The molecule has 1 unspecified atom stereocenters. The summed E-state index contributed by atoms with van der Waals surface area (Å²) < 4.78 is 62.0. The van der Waals surface area contributed by atoms with Crippen LogP contribution in [0.4, 0.5) is 22.0 Å². The molecule has 1 aliphatic rings. The van der Waals surface area contributed by atoms with Gasteiger partial charge in [-0.1, -0.05) is 13.8 Å². The van der Waals surface area contributed by atoms with Gasteiger partial charge in [-0.05, 0) is 18.8 Å². The second-order valence-electron chi connectivity index (χ2n) is 4.52. The molecular formula is C10H14F5NO. The van der Waals surface area contributed by atoms with E-state index in [1.807, 2.05) is 0 Å². The van der Waals surface area contributed by atoms with E-state index in [2.05, 4.69) is 0 Å². The molecule has 0 aromatic heterocycles. The van der Waals surface area contributed by atoms with Crippen molar-refractivity contribution in [3.05, 3.63) is 0 Å². The molecule has 1 amide bonds. The molecule has 0 aliphatic carbocycles. The molecule has 2 nitrogen and oxygen atoms in total. The maximum Gasteiger partial charge on any atom is 0.463 e. The Morgan fingerprint density at radius 3 is 2.18 bits per heavy atom. The Morgan fingerprint density at radius 2 is 1.76 bits per heavy atom. The van der Waals surface area contributed by atoms with Gasteiger partial charge < -0.3 is 4.90 Å². The zero-order valence-electron chi connectivity index (χ0n) is 9.52. The van der Waals surface area contributed by atoms with Crippen LogP contribution in [-0.2, 0) is 4.79 Å². The van der Waals surface area contributed by atoms with Gasteiger partial charge in [-0.25, -0.2) is 0 Å². The summed E-state index contributed by atoms with van der Waals surface area (Å²) in [5.41, 5.74) is 0. The van der Waals surface area contributed by atoms with Gasteiger partial charge in [0.1, 0.15) is 0 Å². The Kier molecular flexibility index (Phi) is 3.69. The lowest BCUT2D eigenvalue weighted by atomic mass is 10.0. The van der Waals surface area contributed by atoms with Crippen molar-refractivity contribution in [1.29, 1.82) is 0 Å². The first kappa shape index (κ1) is 14.2. The number of carbonyl (C=O) groups excluding carboxylic acids is 1. The predicted octanol–water partition coefficient (Wildman–Crippen LogP) is 2.83. The fourth-order valence-corrected chi connectivity index (χ4v) is 2.04. The van der Waals surface area contributed by atoms with Gasteiger partial charge in [0.05, 0.1) is 0 Å². The molecule has 1 aliphatic heterocycles. The summed E-state index contributed by atoms with van der Waals surface area (Å²) in [6, 6.07) is -0.532. The van der Waals surface area contributed by atoms with E-state index in [0.717, 1.165) is 0 Å². The summed E-state index contributed by atoms with van der Waals surface area (Å²) in [6.07, 6.45) is -4.89. The van der Waals surface area contributed by atoms with E-state index < -0.39 is 24.0 Å². The molecule has 100 valence electrons. The van der Waals surface area contributed by atoms with Crippen molar-refractivity contribution >= 4 is 5.91 Å². The second kappa shape index (κ2) is 4.42. The molecule has 0 aromatic rings. The van der Waals surface area contributed by atoms with Gasteiger partial charge in [0.25, 0.3) is 0 Å². The van der Waals surface area contributed by atoms with Gasteiger partial charge in [-0.15, -0.1) is 0 Å². The molecule has 0 N–H and O–H groups in total. The number of hydrogen-bond donors (Lipinski definition) is 0. The average Bonchev–Trinajstić information content (AvgIpc) is 2.62. The summed E-state index contributed by atoms with van der Waals surface area (Å²) in [5.74, 6) is -7.54. The zero-order valence-corrected chi connectivity index (χ0v) is 9.52. The van der Waals surface area contributed by atoms with Gasteiger partial charge in [-0.2, -0.15) is 22.0 Å². The number of carbonyl (C=O) groups is 1. The average molecular weight is 259 g/mol. The molecule has 0 aromatic carbocycles. The molecule has 17 heavy (non-hydrogen) atoms. The number of amides is 1. The van der Waals surface area contributed by atoms with Gasteiger partial charge in [0.2, 0.25) is 0 Å². The number of rotatable bonds is 2. The lowest BCUT2D eigenvalue weighted by Gasteiger charge is -2.31. The first-order valence-electron chi connectivity index (χ1n) is 5.34. The van der Waals surface area contributed by atoms with Gasteiger partial charge in [0.15, 0.2) is 0 Å². The molecule has 1 atom stereocenters. The maximum atomic E-state index is 12.9. The van der Waals surface area contributed by atoms with Gasteiger partial charge in [-0.3, -0.25) is 4.79 Å². The van der Waals surface area contributed by atoms with Crippen LogP contribution in [0, 0.1) is 5.92 Å². The van der Waals surface area contributed by atoms with E-state index in [1.165, 1.54) is 0 Å². The Hall–Kier alpha value is -0.880. The minimum atomic E-state index is -5.83. The predicted molar refractivity (Wildman–Crippen MR) is 50.6 cm³/mol. The van der Waals surface area contributed by atoms with Crippen LogP contribution < -0.4 is 0 Å². The van der Waals surface area contributed by atoms with Gasteiger partial charge >= 0.3 is 18.0 Å². The van der Waals surface area contributed by atoms with Crippen LogP contribution in [0.25, 0.3) is 0 Å². The molecule has 1 saturated heterocycles. The van der Waals surface area contributed by atoms with E-state index in [4.69, 9.17) is 0 Å². The van der Waals surface area contributed by atoms with E-state index in [1.54, 1.807) is 13.8 Å². The molecule has 7 heteroatoms. The van der Waals surface area contributed by atoms with Crippen LogP contribution in [0.5, 0.6) is 0 Å². The van der Waals surface area contributed by atoms with E-state index in [0.29, 0.717) is 17.7 Å². The van der Waals surface area contributed by atoms with Crippen LogP contribution in [0.2, 0.25) is 0 Å². The van der Waals surface area contributed by atoms with Crippen molar-refractivity contribution in [2.75, 3.05) is 6.54 Å². The molecule has 0 spiro atoms. The highest BCUT2D eigenvalue weighted by atomic mass is 19.4. The topological polar surface area (TPSA) is 20.3 Å². The number of halogens is 5. The number of alkyl halides is 5. The van der Waals surface area contributed by atoms with Crippen LogP contribution in [0.3, 0.4) is 0 Å². The highest BCUT2D eigenvalue weighted by molar-refractivity contribution is 5.85. The molecule has 1 heterocycles. The first-order valence-corrected chi connectivity index (χ1v) is 5.34. The quantitative estimate of drug-likeness (QED) is 0.698. The Morgan fingerprint density at radius 1 is 1.24 bits per heavy atom. The summed E-state index contributed by atoms with van der Waals surface area (Å²) >= 11 is 0. The van der Waals surface area contributed by atoms with Crippen molar-refractivity contribution in [3.63, 3.8) is 0 Å². The third-order valence-electron chi connectivity index (χ3n) is 2.95. The summed E-state index contributed by atoms with van der Waals surface area (Å²) in [5, 5.41) is 0. The van der Waals surface area contributed by atoms with Crippen molar-refractivity contribution in [1.82, 2.24) is 4.90 Å². The Labute approximate surface area is 95.8 Å². The highest BCUT2D eigenvalue weighted by Gasteiger charge is 2.65. The summed E-state index contributed by atoms with van der Waals surface area (Å²) in [4.78, 5) is 11.9. The van der Waals surface area contributed by atoms with Crippen LogP contribution in [0.1, 0.15) is 26.7 Å². The molecule has 0 saturated carbocycles. The van der Waals surface area contributed by atoms with Gasteiger partial charge in [0, 0.05) is 12.6 Å². The minimum Gasteiger partial charge on any atom is -0.334 e.